The molecule has 1 saturated carbocycles. The van der Waals surface area contributed by atoms with Crippen LogP contribution in [-0.4, -0.2) is 17.8 Å². The first-order valence-electron chi connectivity index (χ1n) is 5.63. The summed E-state index contributed by atoms with van der Waals surface area (Å²) in [6.45, 7) is 2.29. The van der Waals surface area contributed by atoms with Crippen molar-refractivity contribution < 1.29 is 5.11 Å². The largest absolute Gasteiger partial charge is 0.395 e. The molecular formula is C13H19NO. The Labute approximate surface area is 91.1 Å². The smallest absolute Gasteiger partial charge is 0.0528 e. The molecule has 0 spiro atoms. The summed E-state index contributed by atoms with van der Waals surface area (Å²) in [4.78, 5) is 0. The maximum absolute atomic E-state index is 9.44. The number of nitrogens with two attached hydrogens (primary N) is 1. The van der Waals surface area contributed by atoms with Gasteiger partial charge in [0.05, 0.1) is 6.61 Å². The fourth-order valence-corrected chi connectivity index (χ4v) is 2.23. The van der Waals surface area contributed by atoms with Gasteiger partial charge in [-0.1, -0.05) is 24.3 Å². The van der Waals surface area contributed by atoms with Crippen LogP contribution in [0.25, 0.3) is 0 Å². The molecule has 2 heteroatoms. The van der Waals surface area contributed by atoms with Crippen molar-refractivity contribution in [1.82, 2.24) is 0 Å². The van der Waals surface area contributed by atoms with E-state index in [0.717, 1.165) is 19.3 Å². The van der Waals surface area contributed by atoms with Gasteiger partial charge in [-0.15, -0.1) is 0 Å². The third-order valence-electron chi connectivity index (χ3n) is 3.29. The molecule has 2 rings (SSSR count). The fourth-order valence-electron chi connectivity index (χ4n) is 2.23. The summed E-state index contributed by atoms with van der Waals surface area (Å²) >= 11 is 0. The van der Waals surface area contributed by atoms with E-state index in [1.807, 2.05) is 6.92 Å². The van der Waals surface area contributed by atoms with Crippen LogP contribution in [-0.2, 0) is 11.8 Å². The number of aliphatic hydroxyl groups excluding tert-OH is 1. The Bertz CT molecular complexity index is 342. The average Bonchev–Trinajstić information content (AvgIpc) is 2.98. The minimum atomic E-state index is 0.0610. The van der Waals surface area contributed by atoms with Gasteiger partial charge < -0.3 is 10.8 Å². The van der Waals surface area contributed by atoms with E-state index in [4.69, 9.17) is 5.73 Å². The lowest BCUT2D eigenvalue weighted by Crippen LogP contribution is -2.21. The zero-order valence-electron chi connectivity index (χ0n) is 9.24. The molecule has 0 heterocycles. The van der Waals surface area contributed by atoms with Crippen LogP contribution in [0.4, 0.5) is 0 Å². The molecule has 1 aromatic carbocycles. The standard InChI is InChI=1S/C13H19NO/c1-10(14)8-11-4-2-3-5-12(11)13(9-15)6-7-13/h2-5,10,15H,6-9,14H2,1H3. The lowest BCUT2D eigenvalue weighted by atomic mass is 9.89. The van der Waals surface area contributed by atoms with E-state index >= 15 is 0 Å². The first-order valence-corrected chi connectivity index (χ1v) is 5.63. The molecule has 0 aliphatic heterocycles. The molecule has 0 radical (unpaired) electrons. The second-order valence-electron chi connectivity index (χ2n) is 4.78. The number of aliphatic hydroxyl groups is 1. The summed E-state index contributed by atoms with van der Waals surface area (Å²) in [5.41, 5.74) is 8.51. The van der Waals surface area contributed by atoms with Gasteiger partial charge in [-0.3, -0.25) is 0 Å². The van der Waals surface area contributed by atoms with Crippen LogP contribution < -0.4 is 5.73 Å². The van der Waals surface area contributed by atoms with Crippen LogP contribution >= 0.6 is 0 Å². The highest BCUT2D eigenvalue weighted by atomic mass is 16.3. The third-order valence-corrected chi connectivity index (χ3v) is 3.29. The predicted octanol–water partition coefficient (Wildman–Crippen LogP) is 1.60. The Morgan fingerprint density at radius 2 is 2.07 bits per heavy atom. The maximum atomic E-state index is 9.44. The lowest BCUT2D eigenvalue weighted by molar-refractivity contribution is 0.254. The molecule has 1 aromatic rings. The van der Waals surface area contributed by atoms with Crippen molar-refractivity contribution in [3.05, 3.63) is 35.4 Å². The number of hydrogen-bond acceptors (Lipinski definition) is 2. The van der Waals surface area contributed by atoms with Crippen molar-refractivity contribution >= 4 is 0 Å². The molecule has 0 amide bonds. The third kappa shape index (κ3) is 2.06. The Balaban J connectivity index is 2.30. The lowest BCUT2D eigenvalue weighted by Gasteiger charge is -2.18. The van der Waals surface area contributed by atoms with Crippen molar-refractivity contribution in [2.75, 3.05) is 6.61 Å². The summed E-state index contributed by atoms with van der Waals surface area (Å²) in [5.74, 6) is 0. The number of hydrogen-bond donors (Lipinski definition) is 2. The Morgan fingerprint density at radius 3 is 2.60 bits per heavy atom. The minimum absolute atomic E-state index is 0.0610. The number of rotatable bonds is 4. The molecule has 2 nitrogen and oxygen atoms in total. The van der Waals surface area contributed by atoms with Gasteiger partial charge in [-0.25, -0.2) is 0 Å². The summed E-state index contributed by atoms with van der Waals surface area (Å²) < 4.78 is 0. The molecule has 3 N–H and O–H groups in total. The summed E-state index contributed by atoms with van der Waals surface area (Å²) in [6.07, 6.45) is 3.12. The van der Waals surface area contributed by atoms with E-state index in [2.05, 4.69) is 24.3 Å². The highest BCUT2D eigenvalue weighted by molar-refractivity contribution is 5.39. The highest BCUT2D eigenvalue weighted by Crippen LogP contribution is 2.48. The van der Waals surface area contributed by atoms with Crippen LogP contribution in [0.15, 0.2) is 24.3 Å². The topological polar surface area (TPSA) is 46.2 Å². The van der Waals surface area contributed by atoms with Crippen LogP contribution in [0, 0.1) is 0 Å². The van der Waals surface area contributed by atoms with E-state index < -0.39 is 0 Å². The first kappa shape index (κ1) is 10.7. The average molecular weight is 205 g/mol. The fraction of sp³-hybridized carbons (Fsp3) is 0.538. The molecule has 1 fully saturated rings. The van der Waals surface area contributed by atoms with Gasteiger partial charge in [0, 0.05) is 11.5 Å². The van der Waals surface area contributed by atoms with E-state index in [-0.39, 0.29) is 18.1 Å². The molecule has 0 aromatic heterocycles. The molecule has 1 aliphatic carbocycles. The molecule has 0 bridgehead atoms. The Morgan fingerprint density at radius 1 is 1.40 bits per heavy atom. The molecule has 0 saturated heterocycles. The molecule has 15 heavy (non-hydrogen) atoms. The zero-order chi connectivity index (χ0) is 10.9. The molecule has 1 aliphatic rings. The van der Waals surface area contributed by atoms with Gasteiger partial charge in [0.25, 0.3) is 0 Å². The van der Waals surface area contributed by atoms with Gasteiger partial charge in [0.15, 0.2) is 0 Å². The highest BCUT2D eigenvalue weighted by Gasteiger charge is 2.44. The van der Waals surface area contributed by atoms with Crippen LogP contribution in [0.3, 0.4) is 0 Å². The van der Waals surface area contributed by atoms with Crippen LogP contribution in [0.2, 0.25) is 0 Å². The zero-order valence-corrected chi connectivity index (χ0v) is 9.24. The predicted molar refractivity (Wildman–Crippen MR) is 61.8 cm³/mol. The van der Waals surface area contributed by atoms with Gasteiger partial charge >= 0.3 is 0 Å². The van der Waals surface area contributed by atoms with Gasteiger partial charge in [-0.05, 0) is 37.3 Å². The van der Waals surface area contributed by atoms with Gasteiger partial charge in [0.1, 0.15) is 0 Å². The normalized spacial score (nSPS) is 19.9. The van der Waals surface area contributed by atoms with Crippen molar-refractivity contribution in [2.45, 2.75) is 37.6 Å². The van der Waals surface area contributed by atoms with E-state index in [9.17, 15) is 5.11 Å². The van der Waals surface area contributed by atoms with Crippen molar-refractivity contribution in [3.8, 4) is 0 Å². The second-order valence-corrected chi connectivity index (χ2v) is 4.78. The Hall–Kier alpha value is -0.860. The van der Waals surface area contributed by atoms with Gasteiger partial charge in [-0.2, -0.15) is 0 Å². The first-order chi connectivity index (χ1) is 7.18. The molecular weight excluding hydrogens is 186 g/mol. The quantitative estimate of drug-likeness (QED) is 0.784. The van der Waals surface area contributed by atoms with Crippen LogP contribution in [0.5, 0.6) is 0 Å². The molecule has 82 valence electrons. The van der Waals surface area contributed by atoms with E-state index in [1.54, 1.807) is 0 Å². The SMILES string of the molecule is CC(N)Cc1ccccc1C1(CO)CC1. The molecule has 1 unspecified atom stereocenters. The Kier molecular flexibility index (Phi) is 2.81. The minimum Gasteiger partial charge on any atom is -0.395 e. The van der Waals surface area contributed by atoms with Crippen molar-refractivity contribution in [2.24, 2.45) is 5.73 Å². The summed E-state index contributed by atoms with van der Waals surface area (Å²) in [7, 11) is 0. The second kappa shape index (κ2) is 3.95. The molecule has 1 atom stereocenters. The van der Waals surface area contributed by atoms with Crippen molar-refractivity contribution in [1.29, 1.82) is 0 Å². The monoisotopic (exact) mass is 205 g/mol. The summed E-state index contributed by atoms with van der Waals surface area (Å²) in [6, 6.07) is 8.56. The van der Waals surface area contributed by atoms with Crippen LogP contribution in [0.1, 0.15) is 30.9 Å². The van der Waals surface area contributed by atoms with Crippen molar-refractivity contribution in [3.63, 3.8) is 0 Å². The number of benzene rings is 1. The maximum Gasteiger partial charge on any atom is 0.0528 e. The van der Waals surface area contributed by atoms with Gasteiger partial charge in [0.2, 0.25) is 0 Å². The summed E-state index contributed by atoms with van der Waals surface area (Å²) in [5, 5.41) is 9.44. The van der Waals surface area contributed by atoms with E-state index in [0.29, 0.717) is 0 Å². The van der Waals surface area contributed by atoms with E-state index in [1.165, 1.54) is 11.1 Å².